The number of halogens is 1. The fourth-order valence-electron chi connectivity index (χ4n) is 2.15. The molecule has 0 N–H and O–H groups in total. The van der Waals surface area contributed by atoms with Crippen molar-refractivity contribution in [3.05, 3.63) is 28.2 Å². The molecule has 0 aliphatic carbocycles. The molecule has 1 aliphatic heterocycles. The quantitative estimate of drug-likeness (QED) is 0.617. The molecule has 0 atom stereocenters. The second kappa shape index (κ2) is 6.93. The molecule has 19 heavy (non-hydrogen) atoms. The molecule has 1 saturated heterocycles. The van der Waals surface area contributed by atoms with Crippen molar-refractivity contribution in [2.45, 2.75) is 19.3 Å². The molecule has 0 spiro atoms. The highest BCUT2D eigenvalue weighted by atomic mass is 79.9. The lowest BCUT2D eigenvalue weighted by Gasteiger charge is -2.29. The number of hydrogen-bond acceptors (Lipinski definition) is 2. The van der Waals surface area contributed by atoms with Crippen LogP contribution in [0.4, 0.5) is 0 Å². The van der Waals surface area contributed by atoms with E-state index in [2.05, 4.69) is 26.8 Å². The Hall–Kier alpha value is -1.05. The Morgan fingerprint density at radius 1 is 1.37 bits per heavy atom. The molecule has 0 bridgehead atoms. The van der Waals surface area contributed by atoms with Gasteiger partial charge in [-0.05, 0) is 53.4 Å². The minimum Gasteiger partial charge on any atom is -0.480 e. The maximum atomic E-state index is 5.56. The monoisotopic (exact) mass is 337 g/mol. The second-order valence-corrected chi connectivity index (χ2v) is 5.73. The molecule has 2 rings (SSSR count). The fourth-order valence-corrected chi connectivity index (χ4v) is 2.95. The van der Waals surface area contributed by atoms with Crippen LogP contribution >= 0.6 is 28.1 Å². The van der Waals surface area contributed by atoms with Crippen molar-refractivity contribution in [3.8, 4) is 18.1 Å². The van der Waals surface area contributed by atoms with Crippen LogP contribution in [0.5, 0.6) is 5.75 Å². The summed E-state index contributed by atoms with van der Waals surface area (Å²) in [6, 6.07) is 5.91. The molecule has 1 aromatic carbocycles. The molecular weight excluding hydrogens is 322 g/mol. The summed E-state index contributed by atoms with van der Waals surface area (Å²) < 4.78 is 6.31. The first-order chi connectivity index (χ1) is 9.22. The zero-order valence-electron chi connectivity index (χ0n) is 10.7. The fraction of sp³-hybridized carbons (Fsp3) is 0.400. The molecular formula is C15H16BrNOS. The number of rotatable bonds is 3. The Bertz CT molecular complexity index is 503. The normalized spacial score (nSPS) is 14.8. The molecule has 1 aromatic rings. The molecule has 0 unspecified atom stereocenters. The summed E-state index contributed by atoms with van der Waals surface area (Å²) in [6.45, 7) is 2.39. The van der Waals surface area contributed by atoms with Crippen LogP contribution in [0.1, 0.15) is 24.8 Å². The predicted molar refractivity (Wildman–Crippen MR) is 85.6 cm³/mol. The van der Waals surface area contributed by atoms with E-state index < -0.39 is 0 Å². The second-order valence-electron chi connectivity index (χ2n) is 4.49. The first kappa shape index (κ1) is 14.4. The molecule has 0 radical (unpaired) electrons. The third-order valence-electron chi connectivity index (χ3n) is 3.13. The van der Waals surface area contributed by atoms with Crippen molar-refractivity contribution in [1.29, 1.82) is 0 Å². The third-order valence-corrected chi connectivity index (χ3v) is 4.25. The van der Waals surface area contributed by atoms with Gasteiger partial charge in [-0.15, -0.1) is 6.42 Å². The summed E-state index contributed by atoms with van der Waals surface area (Å²) in [6.07, 6.45) is 8.95. The van der Waals surface area contributed by atoms with Crippen LogP contribution in [-0.2, 0) is 0 Å². The molecule has 0 amide bonds. The van der Waals surface area contributed by atoms with Gasteiger partial charge in [-0.2, -0.15) is 0 Å². The zero-order chi connectivity index (χ0) is 13.7. The van der Waals surface area contributed by atoms with Gasteiger partial charge in [0, 0.05) is 18.7 Å². The Labute approximate surface area is 128 Å². The predicted octanol–water partition coefficient (Wildman–Crippen LogP) is 3.62. The van der Waals surface area contributed by atoms with Gasteiger partial charge in [0.15, 0.2) is 0 Å². The molecule has 100 valence electrons. The van der Waals surface area contributed by atoms with Crippen molar-refractivity contribution in [2.24, 2.45) is 0 Å². The summed E-state index contributed by atoms with van der Waals surface area (Å²) in [4.78, 5) is 3.20. The van der Waals surface area contributed by atoms with E-state index in [-0.39, 0.29) is 6.61 Å². The van der Waals surface area contributed by atoms with Crippen LogP contribution in [0.2, 0.25) is 0 Å². The largest absolute Gasteiger partial charge is 0.480 e. The van der Waals surface area contributed by atoms with Crippen LogP contribution in [0.3, 0.4) is 0 Å². The lowest BCUT2D eigenvalue weighted by Crippen LogP contribution is -2.34. The topological polar surface area (TPSA) is 12.5 Å². The number of thiocarbonyl (C=S) groups is 1. The van der Waals surface area contributed by atoms with Crippen molar-refractivity contribution in [3.63, 3.8) is 0 Å². The Morgan fingerprint density at radius 3 is 2.74 bits per heavy atom. The van der Waals surface area contributed by atoms with Crippen molar-refractivity contribution >= 4 is 33.1 Å². The number of piperidine rings is 1. The van der Waals surface area contributed by atoms with Crippen molar-refractivity contribution < 1.29 is 4.74 Å². The van der Waals surface area contributed by atoms with Gasteiger partial charge in [-0.1, -0.05) is 18.1 Å². The van der Waals surface area contributed by atoms with E-state index in [1.807, 2.05) is 18.2 Å². The minimum absolute atomic E-state index is 0.272. The smallest absolute Gasteiger partial charge is 0.148 e. The van der Waals surface area contributed by atoms with E-state index in [9.17, 15) is 0 Å². The lowest BCUT2D eigenvalue weighted by molar-refractivity contribution is 0.347. The van der Waals surface area contributed by atoms with Gasteiger partial charge in [0.2, 0.25) is 0 Å². The number of likely N-dealkylation sites (tertiary alicyclic amines) is 1. The van der Waals surface area contributed by atoms with E-state index in [1.54, 1.807) is 0 Å². The molecule has 4 heteroatoms. The summed E-state index contributed by atoms with van der Waals surface area (Å²) in [7, 11) is 0. The Morgan fingerprint density at radius 2 is 2.11 bits per heavy atom. The molecule has 1 aliphatic rings. The SMILES string of the molecule is C#CCOc1ccc(C(=S)N2CCCCC2)cc1Br. The first-order valence-electron chi connectivity index (χ1n) is 6.37. The highest BCUT2D eigenvalue weighted by molar-refractivity contribution is 9.10. The van der Waals surface area contributed by atoms with Crippen molar-refractivity contribution in [1.82, 2.24) is 4.90 Å². The maximum Gasteiger partial charge on any atom is 0.148 e. The molecule has 0 saturated carbocycles. The van der Waals surface area contributed by atoms with Crippen LogP contribution < -0.4 is 4.74 Å². The van der Waals surface area contributed by atoms with E-state index in [4.69, 9.17) is 23.4 Å². The van der Waals surface area contributed by atoms with E-state index in [0.29, 0.717) is 0 Å². The molecule has 1 heterocycles. The number of ether oxygens (including phenoxy) is 1. The number of terminal acetylenes is 1. The summed E-state index contributed by atoms with van der Waals surface area (Å²) in [5.41, 5.74) is 1.05. The van der Waals surface area contributed by atoms with Gasteiger partial charge < -0.3 is 9.64 Å². The highest BCUT2D eigenvalue weighted by Crippen LogP contribution is 2.27. The van der Waals surface area contributed by atoms with E-state index in [1.165, 1.54) is 19.3 Å². The average Bonchev–Trinajstić information content (AvgIpc) is 2.46. The van der Waals surface area contributed by atoms with Gasteiger partial charge in [-0.25, -0.2) is 0 Å². The maximum absolute atomic E-state index is 5.56. The summed E-state index contributed by atoms with van der Waals surface area (Å²) >= 11 is 9.06. The van der Waals surface area contributed by atoms with Gasteiger partial charge in [0.1, 0.15) is 17.3 Å². The number of hydrogen-bond donors (Lipinski definition) is 0. The van der Waals surface area contributed by atoms with E-state index >= 15 is 0 Å². The number of nitrogens with zero attached hydrogens (tertiary/aromatic N) is 1. The Kier molecular flexibility index (Phi) is 5.24. The third kappa shape index (κ3) is 3.71. The highest BCUT2D eigenvalue weighted by Gasteiger charge is 2.15. The van der Waals surface area contributed by atoms with Gasteiger partial charge in [0.25, 0.3) is 0 Å². The standard InChI is InChI=1S/C15H16BrNOS/c1-2-10-18-14-7-6-12(11-13(14)16)15(19)17-8-4-3-5-9-17/h1,6-7,11H,3-5,8-10H2. The van der Waals surface area contributed by atoms with E-state index in [0.717, 1.165) is 33.9 Å². The first-order valence-corrected chi connectivity index (χ1v) is 7.57. The van der Waals surface area contributed by atoms with Crippen LogP contribution in [-0.4, -0.2) is 29.6 Å². The molecule has 1 fully saturated rings. The number of benzene rings is 1. The van der Waals surface area contributed by atoms with Crippen LogP contribution in [0, 0.1) is 12.3 Å². The lowest BCUT2D eigenvalue weighted by atomic mass is 10.1. The summed E-state index contributed by atoms with van der Waals surface area (Å²) in [5.74, 6) is 3.21. The van der Waals surface area contributed by atoms with Gasteiger partial charge in [0.05, 0.1) is 4.47 Å². The van der Waals surface area contributed by atoms with Crippen LogP contribution in [0.15, 0.2) is 22.7 Å². The summed E-state index contributed by atoms with van der Waals surface area (Å²) in [5, 5.41) is 0. The van der Waals surface area contributed by atoms with Crippen molar-refractivity contribution in [2.75, 3.05) is 19.7 Å². The molecule has 2 nitrogen and oxygen atoms in total. The van der Waals surface area contributed by atoms with Gasteiger partial charge >= 0.3 is 0 Å². The molecule has 0 aromatic heterocycles. The minimum atomic E-state index is 0.272. The average molecular weight is 338 g/mol. The van der Waals surface area contributed by atoms with Crippen LogP contribution in [0.25, 0.3) is 0 Å². The van der Waals surface area contributed by atoms with Gasteiger partial charge in [-0.3, -0.25) is 0 Å². The Balaban J connectivity index is 2.10. The zero-order valence-corrected chi connectivity index (χ0v) is 13.1.